The molecule has 158 valence electrons. The second-order valence-electron chi connectivity index (χ2n) is 7.21. The summed E-state index contributed by atoms with van der Waals surface area (Å²) >= 11 is 7.42. The highest BCUT2D eigenvalue weighted by atomic mass is 35.5. The molecule has 7 heteroatoms. The lowest BCUT2D eigenvalue weighted by atomic mass is 10.1. The Morgan fingerprint density at radius 3 is 2.66 bits per heavy atom. The standard InChI is InChI=1S/C22H29N3OS2.ClH/c1-4-11-23-22(27)17-9-10-21-19(14-17)25(16(2)15-24(3)12-13-26)18-7-5-6-8-20(18)28-21;/h5-10,14,16,26H,4,11-13,15H2,1-3H3,(H,23,27);1H/t16-;/m1./s1. The van der Waals surface area contributed by atoms with Crippen LogP contribution < -0.4 is 10.2 Å². The Morgan fingerprint density at radius 2 is 1.93 bits per heavy atom. The van der Waals surface area contributed by atoms with Gasteiger partial charge in [-0.3, -0.25) is 0 Å². The first kappa shape index (κ1) is 24.0. The fourth-order valence-electron chi connectivity index (χ4n) is 3.53. The lowest BCUT2D eigenvalue weighted by molar-refractivity contribution is 0.216. The van der Waals surface area contributed by atoms with E-state index >= 15 is 0 Å². The van der Waals surface area contributed by atoms with Crippen molar-refractivity contribution < 1.29 is 5.11 Å². The van der Waals surface area contributed by atoms with Crippen LogP contribution in [0.25, 0.3) is 0 Å². The van der Waals surface area contributed by atoms with Gasteiger partial charge in [0.1, 0.15) is 4.99 Å². The van der Waals surface area contributed by atoms with Crippen LogP contribution in [0, 0.1) is 0 Å². The van der Waals surface area contributed by atoms with Gasteiger partial charge in [-0.2, -0.15) is 0 Å². The Balaban J connectivity index is 0.00000300. The van der Waals surface area contributed by atoms with Crippen molar-refractivity contribution in [2.24, 2.45) is 0 Å². The van der Waals surface area contributed by atoms with E-state index < -0.39 is 0 Å². The van der Waals surface area contributed by atoms with Gasteiger partial charge in [-0.15, -0.1) is 12.4 Å². The molecular weight excluding hydrogens is 422 g/mol. The van der Waals surface area contributed by atoms with E-state index in [1.54, 1.807) is 0 Å². The van der Waals surface area contributed by atoms with Gasteiger partial charge in [0.15, 0.2) is 0 Å². The summed E-state index contributed by atoms with van der Waals surface area (Å²) in [6, 6.07) is 15.3. The number of aliphatic hydroxyl groups excluding tert-OH is 1. The second kappa shape index (κ2) is 11.2. The number of benzene rings is 2. The highest BCUT2D eigenvalue weighted by Crippen LogP contribution is 2.49. The predicted molar refractivity (Wildman–Crippen MR) is 130 cm³/mol. The van der Waals surface area contributed by atoms with Crippen molar-refractivity contribution in [2.45, 2.75) is 36.1 Å². The molecule has 0 bridgehead atoms. The summed E-state index contributed by atoms with van der Waals surface area (Å²) in [7, 11) is 2.05. The molecule has 0 spiro atoms. The van der Waals surface area contributed by atoms with E-state index in [4.69, 9.17) is 12.2 Å². The number of likely N-dealkylation sites (N-methyl/N-ethyl adjacent to an activating group) is 1. The zero-order valence-electron chi connectivity index (χ0n) is 17.2. The van der Waals surface area contributed by atoms with Gasteiger partial charge in [0.05, 0.1) is 18.0 Å². The zero-order chi connectivity index (χ0) is 20.1. The van der Waals surface area contributed by atoms with Gasteiger partial charge in [-0.05, 0) is 44.7 Å². The fraction of sp³-hybridized carbons (Fsp3) is 0.409. The first-order valence-corrected chi connectivity index (χ1v) is 11.1. The van der Waals surface area contributed by atoms with Crippen LogP contribution in [-0.4, -0.2) is 54.3 Å². The van der Waals surface area contributed by atoms with Gasteiger partial charge in [0, 0.05) is 41.0 Å². The molecule has 0 aromatic heterocycles. The van der Waals surface area contributed by atoms with Crippen molar-refractivity contribution in [3.63, 3.8) is 0 Å². The summed E-state index contributed by atoms with van der Waals surface area (Å²) in [5.74, 6) is 0. The van der Waals surface area contributed by atoms with Gasteiger partial charge in [0.25, 0.3) is 0 Å². The minimum atomic E-state index is 0. The molecule has 0 saturated carbocycles. The number of para-hydroxylation sites is 1. The molecule has 1 aliphatic rings. The summed E-state index contributed by atoms with van der Waals surface area (Å²) < 4.78 is 0. The summed E-state index contributed by atoms with van der Waals surface area (Å²) in [6.07, 6.45) is 1.05. The van der Waals surface area contributed by atoms with Gasteiger partial charge in [-0.1, -0.05) is 49.1 Å². The molecule has 1 aliphatic heterocycles. The maximum atomic E-state index is 9.26. The number of hydrogen-bond acceptors (Lipinski definition) is 5. The smallest absolute Gasteiger partial charge is 0.106 e. The van der Waals surface area contributed by atoms with Gasteiger partial charge in [0.2, 0.25) is 0 Å². The fourth-order valence-corrected chi connectivity index (χ4v) is 4.82. The quantitative estimate of drug-likeness (QED) is 0.567. The van der Waals surface area contributed by atoms with Crippen LogP contribution in [0.2, 0.25) is 0 Å². The van der Waals surface area contributed by atoms with Gasteiger partial charge in [-0.25, -0.2) is 0 Å². The molecule has 0 unspecified atom stereocenters. The van der Waals surface area contributed by atoms with Crippen LogP contribution in [0.5, 0.6) is 0 Å². The lowest BCUT2D eigenvalue weighted by Gasteiger charge is -2.39. The van der Waals surface area contributed by atoms with Crippen LogP contribution >= 0.6 is 36.4 Å². The number of fused-ring (bicyclic) bond motifs is 2. The molecule has 0 radical (unpaired) electrons. The number of anilines is 2. The Morgan fingerprint density at radius 1 is 1.21 bits per heavy atom. The van der Waals surface area contributed by atoms with E-state index in [2.05, 4.69) is 78.5 Å². The van der Waals surface area contributed by atoms with Crippen molar-refractivity contribution in [2.75, 3.05) is 38.2 Å². The Kier molecular flexibility index (Phi) is 9.24. The number of nitrogens with zero attached hydrogens (tertiary/aromatic N) is 2. The Hall–Kier alpha value is -1.31. The summed E-state index contributed by atoms with van der Waals surface area (Å²) in [6.45, 7) is 6.98. The zero-order valence-corrected chi connectivity index (χ0v) is 19.7. The van der Waals surface area contributed by atoms with Crippen LogP contribution in [0.3, 0.4) is 0 Å². The summed E-state index contributed by atoms with van der Waals surface area (Å²) in [4.78, 5) is 7.91. The third-order valence-corrected chi connectivity index (χ3v) is 6.37. The molecule has 3 rings (SSSR count). The van der Waals surface area contributed by atoms with E-state index in [1.165, 1.54) is 21.2 Å². The molecular formula is C22H30ClN3OS2. The van der Waals surface area contributed by atoms with Crippen molar-refractivity contribution >= 4 is 52.8 Å². The van der Waals surface area contributed by atoms with E-state index in [-0.39, 0.29) is 25.1 Å². The van der Waals surface area contributed by atoms with E-state index in [9.17, 15) is 5.11 Å². The average Bonchev–Trinajstić information content (AvgIpc) is 2.69. The summed E-state index contributed by atoms with van der Waals surface area (Å²) in [5, 5.41) is 12.6. The SMILES string of the molecule is CCCNC(=S)c1ccc2c(c1)N([C@H](C)CN(C)CCO)c1ccccc1S2.Cl. The van der Waals surface area contributed by atoms with Crippen molar-refractivity contribution in [1.82, 2.24) is 10.2 Å². The molecule has 1 heterocycles. The maximum absolute atomic E-state index is 9.26. The highest BCUT2D eigenvalue weighted by Gasteiger charge is 2.28. The minimum absolute atomic E-state index is 0. The third kappa shape index (κ3) is 5.64. The third-order valence-electron chi connectivity index (χ3n) is 4.86. The summed E-state index contributed by atoms with van der Waals surface area (Å²) in [5.41, 5.74) is 3.49. The Bertz CT molecular complexity index is 833. The molecule has 0 saturated heterocycles. The van der Waals surface area contributed by atoms with Gasteiger partial charge >= 0.3 is 0 Å². The lowest BCUT2D eigenvalue weighted by Crippen LogP contribution is -2.40. The molecule has 29 heavy (non-hydrogen) atoms. The number of hydrogen-bond donors (Lipinski definition) is 2. The molecule has 4 nitrogen and oxygen atoms in total. The number of rotatable bonds is 8. The first-order valence-electron chi connectivity index (χ1n) is 9.83. The number of nitrogens with one attached hydrogen (secondary N) is 1. The molecule has 1 atom stereocenters. The number of halogens is 1. The average molecular weight is 452 g/mol. The largest absolute Gasteiger partial charge is 0.395 e. The second-order valence-corrected chi connectivity index (χ2v) is 8.71. The first-order chi connectivity index (χ1) is 13.5. The molecule has 2 aromatic rings. The Labute approximate surface area is 190 Å². The number of aliphatic hydroxyl groups is 1. The van der Waals surface area contributed by atoms with Crippen molar-refractivity contribution in [3.05, 3.63) is 48.0 Å². The van der Waals surface area contributed by atoms with Crippen LogP contribution in [-0.2, 0) is 0 Å². The molecule has 0 aliphatic carbocycles. The van der Waals surface area contributed by atoms with Gasteiger partial charge < -0.3 is 20.2 Å². The molecule has 0 amide bonds. The molecule has 2 N–H and O–H groups in total. The van der Waals surface area contributed by atoms with Crippen LogP contribution in [0.1, 0.15) is 25.8 Å². The van der Waals surface area contributed by atoms with Crippen LogP contribution in [0.4, 0.5) is 11.4 Å². The van der Waals surface area contributed by atoms with E-state index in [0.717, 1.165) is 30.1 Å². The monoisotopic (exact) mass is 451 g/mol. The highest BCUT2D eigenvalue weighted by molar-refractivity contribution is 7.99. The maximum Gasteiger partial charge on any atom is 0.106 e. The van der Waals surface area contributed by atoms with Crippen molar-refractivity contribution in [1.29, 1.82) is 0 Å². The van der Waals surface area contributed by atoms with E-state index in [1.807, 2.05) is 11.8 Å². The minimum Gasteiger partial charge on any atom is -0.395 e. The predicted octanol–water partition coefficient (Wildman–Crippen LogP) is 4.70. The topological polar surface area (TPSA) is 38.7 Å². The normalized spacial score (nSPS) is 13.3. The number of thiocarbonyl (C=S) groups is 1. The molecule has 2 aromatic carbocycles. The van der Waals surface area contributed by atoms with Crippen molar-refractivity contribution in [3.8, 4) is 0 Å². The van der Waals surface area contributed by atoms with E-state index in [0.29, 0.717) is 6.54 Å². The van der Waals surface area contributed by atoms with Crippen LogP contribution in [0.15, 0.2) is 52.3 Å². The molecule has 0 fully saturated rings.